The first-order valence-corrected chi connectivity index (χ1v) is 9.73. The molecular formula is C20H25N3O5. The molecule has 2 saturated heterocycles. The smallest absolute Gasteiger partial charge is 0.274 e. The summed E-state index contributed by atoms with van der Waals surface area (Å²) in [6.07, 6.45) is 2.80. The minimum Gasteiger partial charge on any atom is -0.378 e. The molecule has 1 aromatic carbocycles. The Hall–Kier alpha value is -2.45. The zero-order valence-corrected chi connectivity index (χ0v) is 15.8. The number of hydroxylamine groups is 1. The quantitative estimate of drug-likeness (QED) is 0.577. The third-order valence-electron chi connectivity index (χ3n) is 6.26. The van der Waals surface area contributed by atoms with Crippen molar-refractivity contribution < 1.29 is 24.3 Å². The van der Waals surface area contributed by atoms with E-state index in [1.807, 2.05) is 6.07 Å². The first kappa shape index (κ1) is 18.9. The number of fused-ring (bicyclic) bond motifs is 1. The third kappa shape index (κ3) is 3.38. The summed E-state index contributed by atoms with van der Waals surface area (Å²) in [7, 11) is 0. The number of carbonyl (C=O) groups excluding carboxylic acids is 3. The molecule has 0 saturated carbocycles. The van der Waals surface area contributed by atoms with Gasteiger partial charge in [-0.05, 0) is 48.9 Å². The molecule has 1 aliphatic carbocycles. The molecule has 2 fully saturated rings. The summed E-state index contributed by atoms with van der Waals surface area (Å²) < 4.78 is 5.28. The lowest BCUT2D eigenvalue weighted by atomic mass is 9.70. The number of amides is 3. The summed E-state index contributed by atoms with van der Waals surface area (Å²) in [5.41, 5.74) is 3.72. The molecule has 0 aromatic heterocycles. The van der Waals surface area contributed by atoms with Gasteiger partial charge in [-0.3, -0.25) is 19.6 Å². The van der Waals surface area contributed by atoms with Crippen LogP contribution in [0.3, 0.4) is 0 Å². The summed E-state index contributed by atoms with van der Waals surface area (Å²) in [4.78, 5) is 40.8. The first-order valence-electron chi connectivity index (χ1n) is 9.73. The summed E-state index contributed by atoms with van der Waals surface area (Å²) in [5, 5.41) is 8.80. The molecule has 2 N–H and O–H groups in total. The molecule has 3 amide bonds. The van der Waals surface area contributed by atoms with Crippen molar-refractivity contribution >= 4 is 17.7 Å². The molecule has 150 valence electrons. The van der Waals surface area contributed by atoms with Crippen LogP contribution in [0.4, 0.5) is 0 Å². The summed E-state index contributed by atoms with van der Waals surface area (Å²) in [6.45, 7) is 3.03. The van der Waals surface area contributed by atoms with Gasteiger partial charge in [0, 0.05) is 25.2 Å². The summed E-state index contributed by atoms with van der Waals surface area (Å²) in [5.74, 6) is -0.477. The van der Waals surface area contributed by atoms with Crippen molar-refractivity contribution in [2.75, 3.05) is 39.4 Å². The van der Waals surface area contributed by atoms with Gasteiger partial charge in [0.2, 0.25) is 11.8 Å². The van der Waals surface area contributed by atoms with Crippen molar-refractivity contribution in [3.05, 3.63) is 34.9 Å². The Morgan fingerprint density at radius 3 is 2.68 bits per heavy atom. The number of benzene rings is 1. The van der Waals surface area contributed by atoms with E-state index in [0.29, 0.717) is 57.7 Å². The Morgan fingerprint density at radius 1 is 1.14 bits per heavy atom. The number of hydrogen-bond donors (Lipinski definition) is 2. The SMILES string of the molecule is O=C(NO)c1ccc2c(c1)CCC1(CCN(CC(=O)N3CCOCC3)C1=O)C2. The average Bonchev–Trinajstić information content (AvgIpc) is 3.03. The molecule has 4 rings (SSSR count). The molecule has 0 bridgehead atoms. The standard InChI is InChI=1S/C20H25N3O5/c24-17(22-7-9-28-10-8-22)13-23-6-5-20(19(23)26)4-3-14-11-15(18(25)21-27)1-2-16(14)12-20/h1-2,11,27H,3-10,12-13H2,(H,21,25). The van der Waals surface area contributed by atoms with Gasteiger partial charge in [-0.1, -0.05) is 6.07 Å². The monoisotopic (exact) mass is 387 g/mol. The molecule has 1 spiro atoms. The molecule has 2 heterocycles. The van der Waals surface area contributed by atoms with Crippen molar-refractivity contribution in [2.24, 2.45) is 5.41 Å². The van der Waals surface area contributed by atoms with E-state index >= 15 is 0 Å². The van der Waals surface area contributed by atoms with Crippen LogP contribution in [0.5, 0.6) is 0 Å². The van der Waals surface area contributed by atoms with Gasteiger partial charge in [-0.2, -0.15) is 0 Å². The summed E-state index contributed by atoms with van der Waals surface area (Å²) in [6, 6.07) is 5.32. The number of hydrogen-bond acceptors (Lipinski definition) is 5. The highest BCUT2D eigenvalue weighted by molar-refractivity contribution is 5.94. The topological polar surface area (TPSA) is 99.2 Å². The number of carbonyl (C=O) groups is 3. The number of likely N-dealkylation sites (tertiary alicyclic amines) is 1. The number of nitrogens with zero attached hydrogens (tertiary/aromatic N) is 2. The molecule has 28 heavy (non-hydrogen) atoms. The van der Waals surface area contributed by atoms with Crippen LogP contribution in [0, 0.1) is 5.41 Å². The average molecular weight is 387 g/mol. The van der Waals surface area contributed by atoms with Crippen molar-refractivity contribution in [1.29, 1.82) is 0 Å². The highest BCUT2D eigenvalue weighted by Gasteiger charge is 2.48. The second kappa shape index (κ2) is 7.52. The van der Waals surface area contributed by atoms with Crippen molar-refractivity contribution in [1.82, 2.24) is 15.3 Å². The van der Waals surface area contributed by atoms with Crippen LogP contribution < -0.4 is 5.48 Å². The van der Waals surface area contributed by atoms with E-state index in [2.05, 4.69) is 0 Å². The second-order valence-electron chi connectivity index (χ2n) is 7.85. The van der Waals surface area contributed by atoms with Crippen molar-refractivity contribution in [2.45, 2.75) is 25.7 Å². The van der Waals surface area contributed by atoms with E-state index in [1.54, 1.807) is 27.4 Å². The number of rotatable bonds is 3. The fourth-order valence-electron chi connectivity index (χ4n) is 4.58. The molecule has 1 aromatic rings. The zero-order chi connectivity index (χ0) is 19.7. The van der Waals surface area contributed by atoms with Crippen LogP contribution in [-0.4, -0.2) is 72.1 Å². The van der Waals surface area contributed by atoms with Gasteiger partial charge in [0.25, 0.3) is 5.91 Å². The Bertz CT molecular complexity index is 805. The Kier molecular flexibility index (Phi) is 5.07. The number of aryl methyl sites for hydroxylation is 1. The minimum absolute atomic E-state index is 0.00966. The van der Waals surface area contributed by atoms with Gasteiger partial charge in [0.1, 0.15) is 0 Å². The normalized spacial score (nSPS) is 24.4. The van der Waals surface area contributed by atoms with Crippen LogP contribution in [-0.2, 0) is 27.2 Å². The molecule has 3 aliphatic rings. The molecule has 1 unspecified atom stereocenters. The number of ether oxygens (including phenoxy) is 1. The predicted octanol–water partition coefficient (Wildman–Crippen LogP) is 0.372. The summed E-state index contributed by atoms with van der Waals surface area (Å²) >= 11 is 0. The van der Waals surface area contributed by atoms with E-state index < -0.39 is 11.3 Å². The van der Waals surface area contributed by atoms with Gasteiger partial charge < -0.3 is 14.5 Å². The third-order valence-corrected chi connectivity index (χ3v) is 6.26. The molecule has 1 atom stereocenters. The maximum Gasteiger partial charge on any atom is 0.274 e. The van der Waals surface area contributed by atoms with Crippen molar-refractivity contribution in [3.8, 4) is 0 Å². The minimum atomic E-state index is -0.534. The zero-order valence-electron chi connectivity index (χ0n) is 15.8. The van der Waals surface area contributed by atoms with E-state index in [0.717, 1.165) is 17.5 Å². The number of morpholine rings is 1. The van der Waals surface area contributed by atoms with Gasteiger partial charge >= 0.3 is 0 Å². The molecule has 8 nitrogen and oxygen atoms in total. The van der Waals surface area contributed by atoms with Crippen molar-refractivity contribution in [3.63, 3.8) is 0 Å². The van der Waals surface area contributed by atoms with Gasteiger partial charge in [0.05, 0.1) is 25.2 Å². The Morgan fingerprint density at radius 2 is 1.93 bits per heavy atom. The molecule has 0 radical (unpaired) electrons. The Labute approximate surface area is 163 Å². The molecular weight excluding hydrogens is 362 g/mol. The maximum absolute atomic E-state index is 13.2. The lowest BCUT2D eigenvalue weighted by molar-refractivity contribution is -0.144. The maximum atomic E-state index is 13.2. The molecule has 8 heteroatoms. The van der Waals surface area contributed by atoms with Gasteiger partial charge in [0.15, 0.2) is 0 Å². The van der Waals surface area contributed by atoms with Gasteiger partial charge in [-0.15, -0.1) is 0 Å². The van der Waals surface area contributed by atoms with E-state index in [9.17, 15) is 14.4 Å². The lowest BCUT2D eigenvalue weighted by Gasteiger charge is -2.34. The predicted molar refractivity (Wildman–Crippen MR) is 98.7 cm³/mol. The van der Waals surface area contributed by atoms with Gasteiger partial charge in [-0.25, -0.2) is 5.48 Å². The van der Waals surface area contributed by atoms with Crippen LogP contribution >= 0.6 is 0 Å². The highest BCUT2D eigenvalue weighted by Crippen LogP contribution is 2.43. The van der Waals surface area contributed by atoms with E-state index in [-0.39, 0.29) is 18.4 Å². The van der Waals surface area contributed by atoms with Crippen LogP contribution in [0.1, 0.15) is 34.3 Å². The largest absolute Gasteiger partial charge is 0.378 e. The Balaban J connectivity index is 1.44. The fraction of sp³-hybridized carbons (Fsp3) is 0.550. The van der Waals surface area contributed by atoms with Crippen LogP contribution in [0.2, 0.25) is 0 Å². The highest BCUT2D eigenvalue weighted by atomic mass is 16.5. The van der Waals surface area contributed by atoms with Crippen LogP contribution in [0.25, 0.3) is 0 Å². The molecule has 2 aliphatic heterocycles. The number of nitrogens with one attached hydrogen (secondary N) is 1. The lowest BCUT2D eigenvalue weighted by Crippen LogP contribution is -2.47. The first-order chi connectivity index (χ1) is 13.5. The van der Waals surface area contributed by atoms with E-state index in [4.69, 9.17) is 9.94 Å². The second-order valence-corrected chi connectivity index (χ2v) is 7.85. The fourth-order valence-corrected chi connectivity index (χ4v) is 4.58. The van der Waals surface area contributed by atoms with Crippen LogP contribution in [0.15, 0.2) is 18.2 Å². The van der Waals surface area contributed by atoms with E-state index in [1.165, 1.54) is 0 Å².